The summed E-state index contributed by atoms with van der Waals surface area (Å²) in [5.74, 6) is -1.37. The molecular formula is C19H21N3O4. The third-order valence-corrected chi connectivity index (χ3v) is 3.63. The van der Waals surface area contributed by atoms with Crippen LogP contribution in [-0.2, 0) is 9.53 Å². The highest BCUT2D eigenvalue weighted by molar-refractivity contribution is 6.03. The lowest BCUT2D eigenvalue weighted by Crippen LogP contribution is -2.37. The molecule has 0 atom stereocenters. The van der Waals surface area contributed by atoms with E-state index in [9.17, 15) is 14.4 Å². The van der Waals surface area contributed by atoms with Crippen LogP contribution in [0.15, 0.2) is 42.5 Å². The van der Waals surface area contributed by atoms with Gasteiger partial charge >= 0.3 is 12.0 Å². The summed E-state index contributed by atoms with van der Waals surface area (Å²) in [6, 6.07) is 11.6. The summed E-state index contributed by atoms with van der Waals surface area (Å²) < 4.78 is 4.95. The van der Waals surface area contributed by atoms with Gasteiger partial charge in [0, 0.05) is 18.4 Å². The first-order chi connectivity index (χ1) is 12.4. The number of hydrogen-bond donors (Lipinski definition) is 3. The summed E-state index contributed by atoms with van der Waals surface area (Å²) in [4.78, 5) is 35.7. The third-order valence-electron chi connectivity index (χ3n) is 3.63. The van der Waals surface area contributed by atoms with Crippen LogP contribution in [0, 0.1) is 13.8 Å². The first-order valence-corrected chi connectivity index (χ1v) is 8.02. The van der Waals surface area contributed by atoms with Gasteiger partial charge in [0.25, 0.3) is 5.91 Å². The van der Waals surface area contributed by atoms with Gasteiger partial charge in [0.1, 0.15) is 0 Å². The van der Waals surface area contributed by atoms with Crippen LogP contribution in [0.5, 0.6) is 0 Å². The van der Waals surface area contributed by atoms with E-state index in [2.05, 4.69) is 16.0 Å². The first-order valence-electron chi connectivity index (χ1n) is 8.02. The average Bonchev–Trinajstić information content (AvgIpc) is 2.62. The molecule has 7 nitrogen and oxygen atoms in total. The zero-order valence-electron chi connectivity index (χ0n) is 14.9. The lowest BCUT2D eigenvalue weighted by atomic mass is 10.1. The Kier molecular flexibility index (Phi) is 6.32. The smallest absolute Gasteiger partial charge is 0.340 e. The molecule has 0 saturated heterocycles. The molecule has 0 heterocycles. The van der Waals surface area contributed by atoms with Crippen LogP contribution < -0.4 is 16.0 Å². The number of esters is 1. The number of benzene rings is 2. The predicted octanol–water partition coefficient (Wildman–Crippen LogP) is 2.85. The summed E-state index contributed by atoms with van der Waals surface area (Å²) in [5.41, 5.74) is 3.44. The van der Waals surface area contributed by atoms with Gasteiger partial charge in [0.15, 0.2) is 6.61 Å². The summed E-state index contributed by atoms with van der Waals surface area (Å²) in [6.45, 7) is 3.24. The molecule has 0 fully saturated rings. The van der Waals surface area contributed by atoms with Gasteiger partial charge in [0.2, 0.25) is 0 Å². The van der Waals surface area contributed by atoms with Gasteiger partial charge in [-0.3, -0.25) is 10.1 Å². The maximum Gasteiger partial charge on any atom is 0.340 e. The fraction of sp³-hybridized carbons (Fsp3) is 0.211. The summed E-state index contributed by atoms with van der Waals surface area (Å²) in [7, 11) is 1.68. The molecule has 0 aromatic heterocycles. The van der Waals surface area contributed by atoms with Gasteiger partial charge in [-0.25, -0.2) is 9.59 Å². The number of carbonyl (C=O) groups is 3. The molecule has 136 valence electrons. The number of amides is 3. The molecule has 0 aliphatic rings. The third kappa shape index (κ3) is 5.07. The number of nitrogens with one attached hydrogen (secondary N) is 3. The van der Waals surface area contributed by atoms with Gasteiger partial charge in [-0.05, 0) is 37.6 Å². The van der Waals surface area contributed by atoms with Crippen molar-refractivity contribution in [1.29, 1.82) is 0 Å². The number of anilines is 2. The van der Waals surface area contributed by atoms with Crippen molar-refractivity contribution in [3.05, 3.63) is 59.2 Å². The quantitative estimate of drug-likeness (QED) is 0.717. The van der Waals surface area contributed by atoms with Crippen molar-refractivity contribution in [3.63, 3.8) is 0 Å². The van der Waals surface area contributed by atoms with E-state index in [1.165, 1.54) is 0 Å². The zero-order valence-corrected chi connectivity index (χ0v) is 14.9. The molecule has 2 rings (SSSR count). The molecule has 3 N–H and O–H groups in total. The molecule has 2 aromatic carbocycles. The van der Waals surface area contributed by atoms with E-state index in [0.29, 0.717) is 16.9 Å². The van der Waals surface area contributed by atoms with Crippen molar-refractivity contribution in [2.75, 3.05) is 24.3 Å². The van der Waals surface area contributed by atoms with E-state index in [4.69, 9.17) is 4.74 Å². The first kappa shape index (κ1) is 19.0. The van der Waals surface area contributed by atoms with Crippen molar-refractivity contribution < 1.29 is 19.1 Å². The molecule has 0 aliphatic carbocycles. The summed E-state index contributed by atoms with van der Waals surface area (Å²) in [6.07, 6.45) is 0. The standard InChI is InChI=1S/C19H21N3O4/c1-12-8-9-15(13(2)10-12)21-19(25)22-17(23)11-26-18(24)14-6-4-5-7-16(14)20-3/h4-10,20H,11H2,1-3H3,(H2,21,22,23,25). The molecule has 0 radical (unpaired) electrons. The van der Waals surface area contributed by atoms with Gasteiger partial charge in [0.05, 0.1) is 5.56 Å². The minimum absolute atomic E-state index is 0.308. The number of urea groups is 1. The molecule has 26 heavy (non-hydrogen) atoms. The molecule has 3 amide bonds. The van der Waals surface area contributed by atoms with Crippen molar-refractivity contribution in [3.8, 4) is 0 Å². The second-order valence-electron chi connectivity index (χ2n) is 5.69. The van der Waals surface area contributed by atoms with Gasteiger partial charge in [-0.2, -0.15) is 0 Å². The van der Waals surface area contributed by atoms with Crippen LogP contribution in [-0.4, -0.2) is 31.6 Å². The minimum atomic E-state index is -0.720. The van der Waals surface area contributed by atoms with Crippen LogP contribution in [0.25, 0.3) is 0 Å². The van der Waals surface area contributed by atoms with Crippen molar-refractivity contribution in [2.24, 2.45) is 0 Å². The van der Waals surface area contributed by atoms with Crippen LogP contribution in [0.1, 0.15) is 21.5 Å². The average molecular weight is 355 g/mol. The Morgan fingerprint density at radius 3 is 2.42 bits per heavy atom. The fourth-order valence-electron chi connectivity index (χ4n) is 2.36. The topological polar surface area (TPSA) is 96.5 Å². The Morgan fingerprint density at radius 1 is 1.00 bits per heavy atom. The Hall–Kier alpha value is -3.35. The molecular weight excluding hydrogens is 334 g/mol. The van der Waals surface area contributed by atoms with E-state index in [1.807, 2.05) is 26.0 Å². The van der Waals surface area contributed by atoms with Crippen LogP contribution in [0.2, 0.25) is 0 Å². The number of carbonyl (C=O) groups excluding carboxylic acids is 3. The molecule has 0 spiro atoms. The molecule has 0 unspecified atom stereocenters. The predicted molar refractivity (Wildman–Crippen MR) is 99.3 cm³/mol. The van der Waals surface area contributed by atoms with E-state index < -0.39 is 24.5 Å². The zero-order chi connectivity index (χ0) is 19.1. The highest BCUT2D eigenvalue weighted by Crippen LogP contribution is 2.16. The molecule has 0 aliphatic heterocycles. The number of imide groups is 1. The summed E-state index contributed by atoms with van der Waals surface area (Å²) in [5, 5.41) is 7.58. The fourth-order valence-corrected chi connectivity index (χ4v) is 2.36. The van der Waals surface area contributed by atoms with E-state index in [1.54, 1.807) is 37.4 Å². The largest absolute Gasteiger partial charge is 0.452 e. The maximum absolute atomic E-state index is 12.0. The Bertz CT molecular complexity index is 833. The van der Waals surface area contributed by atoms with Crippen LogP contribution in [0.4, 0.5) is 16.2 Å². The van der Waals surface area contributed by atoms with E-state index in [0.717, 1.165) is 11.1 Å². The highest BCUT2D eigenvalue weighted by atomic mass is 16.5. The molecule has 2 aromatic rings. The van der Waals surface area contributed by atoms with Gasteiger partial charge in [-0.1, -0.05) is 29.8 Å². The normalized spacial score (nSPS) is 9.96. The van der Waals surface area contributed by atoms with E-state index in [-0.39, 0.29) is 0 Å². The lowest BCUT2D eigenvalue weighted by Gasteiger charge is -2.11. The number of hydrogen-bond acceptors (Lipinski definition) is 5. The SMILES string of the molecule is CNc1ccccc1C(=O)OCC(=O)NC(=O)Nc1ccc(C)cc1C. The minimum Gasteiger partial charge on any atom is -0.452 e. The molecule has 0 saturated carbocycles. The van der Waals surface area contributed by atoms with Crippen molar-refractivity contribution in [1.82, 2.24) is 5.32 Å². The molecule has 7 heteroatoms. The van der Waals surface area contributed by atoms with Crippen molar-refractivity contribution >= 4 is 29.3 Å². The second kappa shape index (κ2) is 8.66. The number of aryl methyl sites for hydroxylation is 2. The lowest BCUT2D eigenvalue weighted by molar-refractivity contribution is -0.123. The van der Waals surface area contributed by atoms with Crippen LogP contribution >= 0.6 is 0 Å². The number of rotatable bonds is 5. The number of para-hydroxylation sites is 1. The van der Waals surface area contributed by atoms with Gasteiger partial charge < -0.3 is 15.4 Å². The van der Waals surface area contributed by atoms with E-state index >= 15 is 0 Å². The molecule has 0 bridgehead atoms. The Morgan fingerprint density at radius 2 is 1.73 bits per heavy atom. The second-order valence-corrected chi connectivity index (χ2v) is 5.69. The Balaban J connectivity index is 1.86. The summed E-state index contributed by atoms with van der Waals surface area (Å²) >= 11 is 0. The maximum atomic E-state index is 12.0. The Labute approximate surface area is 151 Å². The van der Waals surface area contributed by atoms with Gasteiger partial charge in [-0.15, -0.1) is 0 Å². The highest BCUT2D eigenvalue weighted by Gasteiger charge is 2.15. The van der Waals surface area contributed by atoms with Crippen LogP contribution in [0.3, 0.4) is 0 Å². The monoisotopic (exact) mass is 355 g/mol. The number of ether oxygens (including phenoxy) is 1. The van der Waals surface area contributed by atoms with Crippen molar-refractivity contribution in [2.45, 2.75) is 13.8 Å².